The van der Waals surface area contributed by atoms with Crippen LogP contribution in [-0.4, -0.2) is 25.0 Å². The van der Waals surface area contributed by atoms with Gasteiger partial charge in [0.25, 0.3) is 0 Å². The van der Waals surface area contributed by atoms with Gasteiger partial charge in [0.2, 0.25) is 0 Å². The van der Waals surface area contributed by atoms with Crippen molar-refractivity contribution in [2.75, 3.05) is 13.2 Å². The summed E-state index contributed by atoms with van der Waals surface area (Å²) in [6.45, 7) is 0.943. The van der Waals surface area contributed by atoms with E-state index in [1.807, 2.05) is 11.4 Å². The van der Waals surface area contributed by atoms with E-state index in [1.165, 1.54) is 11.3 Å². The van der Waals surface area contributed by atoms with Crippen molar-refractivity contribution in [1.29, 1.82) is 0 Å². The summed E-state index contributed by atoms with van der Waals surface area (Å²) in [5.74, 6) is -0.00172. The fourth-order valence-corrected chi connectivity index (χ4v) is 2.58. The zero-order valence-electron chi connectivity index (χ0n) is 8.11. The molecule has 1 fully saturated rings. The van der Waals surface area contributed by atoms with Crippen LogP contribution in [-0.2, 0) is 16.0 Å². The topological polar surface area (TPSA) is 52.3 Å². The van der Waals surface area contributed by atoms with Gasteiger partial charge in [-0.2, -0.15) is 0 Å². The molecule has 2 N–H and O–H groups in total. The number of carbonyl (C=O) groups excluding carboxylic acids is 1. The van der Waals surface area contributed by atoms with E-state index in [2.05, 4.69) is 0 Å². The Morgan fingerprint density at radius 1 is 1.67 bits per heavy atom. The molecule has 1 aromatic rings. The molecule has 0 saturated carbocycles. The second-order valence-electron chi connectivity index (χ2n) is 3.71. The molecule has 1 aliphatic heterocycles. The Hall–Kier alpha value is -0.420. The molecule has 0 radical (unpaired) electrons. The van der Waals surface area contributed by atoms with Crippen LogP contribution in [0.4, 0.5) is 0 Å². The first kappa shape index (κ1) is 11.1. The van der Waals surface area contributed by atoms with Gasteiger partial charge in [0, 0.05) is 12.5 Å². The van der Waals surface area contributed by atoms with Crippen molar-refractivity contribution in [2.45, 2.75) is 12.5 Å². The lowest BCUT2D eigenvalue weighted by molar-refractivity contribution is -0.122. The number of hydrogen-bond donors (Lipinski definition) is 1. The first-order valence-corrected chi connectivity index (χ1v) is 6.01. The summed E-state index contributed by atoms with van der Waals surface area (Å²) in [5, 5.41) is 1.90. The average molecular weight is 246 g/mol. The van der Waals surface area contributed by atoms with Gasteiger partial charge in [-0.25, -0.2) is 0 Å². The molecule has 1 saturated heterocycles. The van der Waals surface area contributed by atoms with Gasteiger partial charge in [-0.1, -0.05) is 11.6 Å². The Balaban J connectivity index is 1.97. The number of Topliss-reactive ketones (excluding diaryl/α,β-unsaturated/α-hetero) is 1. The zero-order valence-corrected chi connectivity index (χ0v) is 9.68. The maximum Gasteiger partial charge on any atom is 0.144 e. The van der Waals surface area contributed by atoms with Crippen LogP contribution in [0, 0.1) is 5.92 Å². The van der Waals surface area contributed by atoms with Crippen molar-refractivity contribution in [3.8, 4) is 0 Å². The highest BCUT2D eigenvalue weighted by atomic mass is 35.5. The van der Waals surface area contributed by atoms with Gasteiger partial charge >= 0.3 is 0 Å². The number of rotatable bonds is 3. The number of halogens is 1. The Morgan fingerprint density at radius 2 is 2.47 bits per heavy atom. The normalized spacial score (nSPS) is 25.7. The first-order valence-electron chi connectivity index (χ1n) is 4.76. The van der Waals surface area contributed by atoms with Crippen molar-refractivity contribution >= 4 is 28.7 Å². The van der Waals surface area contributed by atoms with E-state index < -0.39 is 0 Å². The average Bonchev–Trinajstić information content (AvgIpc) is 2.75. The largest absolute Gasteiger partial charge is 0.379 e. The summed E-state index contributed by atoms with van der Waals surface area (Å²) >= 11 is 7.23. The predicted molar refractivity (Wildman–Crippen MR) is 60.3 cm³/mol. The third-order valence-electron chi connectivity index (χ3n) is 2.54. The van der Waals surface area contributed by atoms with Crippen LogP contribution in [0.15, 0.2) is 11.4 Å². The summed E-state index contributed by atoms with van der Waals surface area (Å²) < 4.78 is 5.88. The maximum absolute atomic E-state index is 11.8. The fourth-order valence-electron chi connectivity index (χ4n) is 1.67. The van der Waals surface area contributed by atoms with Crippen LogP contribution in [0.25, 0.3) is 0 Å². The van der Waals surface area contributed by atoms with Crippen molar-refractivity contribution in [2.24, 2.45) is 11.7 Å². The van der Waals surface area contributed by atoms with Gasteiger partial charge in [0.15, 0.2) is 0 Å². The van der Waals surface area contributed by atoms with Crippen LogP contribution in [0.2, 0.25) is 4.34 Å². The van der Waals surface area contributed by atoms with Crippen molar-refractivity contribution in [1.82, 2.24) is 0 Å². The molecule has 0 bridgehead atoms. The lowest BCUT2D eigenvalue weighted by atomic mass is 9.95. The molecule has 0 aromatic carbocycles. The Labute approximate surface area is 97.2 Å². The van der Waals surface area contributed by atoms with E-state index in [0.717, 1.165) is 5.56 Å². The van der Waals surface area contributed by atoms with Crippen LogP contribution in [0.1, 0.15) is 5.56 Å². The highest BCUT2D eigenvalue weighted by Gasteiger charge is 2.30. The molecule has 1 aromatic heterocycles. The molecule has 3 nitrogen and oxygen atoms in total. The van der Waals surface area contributed by atoms with Gasteiger partial charge in [0.1, 0.15) is 5.78 Å². The molecular weight excluding hydrogens is 234 g/mol. The van der Waals surface area contributed by atoms with E-state index in [0.29, 0.717) is 24.0 Å². The molecule has 15 heavy (non-hydrogen) atoms. The standard InChI is InChI=1S/C10H12ClNO2S/c11-10-2-6(5-15-10)1-9(13)7-3-14-4-8(7)12/h2,5,7-8H,1,3-4,12H2. The fraction of sp³-hybridized carbons (Fsp3) is 0.500. The molecule has 0 aliphatic carbocycles. The molecule has 0 amide bonds. The summed E-state index contributed by atoms with van der Waals surface area (Å²) in [5.41, 5.74) is 6.74. The monoisotopic (exact) mass is 245 g/mol. The minimum absolute atomic E-state index is 0.147. The van der Waals surface area contributed by atoms with Crippen molar-refractivity contribution < 1.29 is 9.53 Å². The Kier molecular flexibility index (Phi) is 3.41. The van der Waals surface area contributed by atoms with Crippen LogP contribution in [0.3, 0.4) is 0 Å². The lowest BCUT2D eigenvalue weighted by Crippen LogP contribution is -2.34. The molecule has 2 rings (SSSR count). The molecule has 2 unspecified atom stereocenters. The minimum atomic E-state index is -0.149. The van der Waals surface area contributed by atoms with Crippen LogP contribution < -0.4 is 5.73 Å². The quantitative estimate of drug-likeness (QED) is 0.878. The summed E-state index contributed by atoms with van der Waals surface area (Å²) in [6, 6.07) is 1.68. The van der Waals surface area contributed by atoms with E-state index in [4.69, 9.17) is 22.1 Å². The van der Waals surface area contributed by atoms with Gasteiger partial charge in [-0.3, -0.25) is 4.79 Å². The predicted octanol–water partition coefficient (Wildman–Crippen LogP) is 1.49. The van der Waals surface area contributed by atoms with Crippen LogP contribution >= 0.6 is 22.9 Å². The first-order chi connectivity index (χ1) is 7.16. The second kappa shape index (κ2) is 4.61. The van der Waals surface area contributed by atoms with Gasteiger partial charge < -0.3 is 10.5 Å². The Bertz CT molecular complexity index is 366. The number of carbonyl (C=O) groups is 1. The maximum atomic E-state index is 11.8. The minimum Gasteiger partial charge on any atom is -0.379 e. The van der Waals surface area contributed by atoms with Crippen molar-refractivity contribution in [3.05, 3.63) is 21.3 Å². The number of nitrogens with two attached hydrogens (primary N) is 1. The molecule has 82 valence electrons. The lowest BCUT2D eigenvalue weighted by Gasteiger charge is -2.10. The summed E-state index contributed by atoms with van der Waals surface area (Å²) in [7, 11) is 0. The summed E-state index contributed by atoms with van der Waals surface area (Å²) in [6.07, 6.45) is 0.408. The SMILES string of the molecule is NC1COCC1C(=O)Cc1csc(Cl)c1. The molecule has 1 aliphatic rings. The zero-order chi connectivity index (χ0) is 10.8. The third-order valence-corrected chi connectivity index (χ3v) is 3.68. The molecule has 2 atom stereocenters. The van der Waals surface area contributed by atoms with E-state index in [-0.39, 0.29) is 17.7 Å². The molecular formula is C10H12ClNO2S. The molecule has 0 spiro atoms. The van der Waals surface area contributed by atoms with Gasteiger partial charge in [-0.05, 0) is 17.0 Å². The van der Waals surface area contributed by atoms with E-state index >= 15 is 0 Å². The van der Waals surface area contributed by atoms with Gasteiger partial charge in [-0.15, -0.1) is 11.3 Å². The van der Waals surface area contributed by atoms with Crippen LogP contribution in [0.5, 0.6) is 0 Å². The summed E-state index contributed by atoms with van der Waals surface area (Å²) in [4.78, 5) is 11.8. The van der Waals surface area contributed by atoms with E-state index in [9.17, 15) is 4.79 Å². The van der Waals surface area contributed by atoms with E-state index in [1.54, 1.807) is 0 Å². The highest BCUT2D eigenvalue weighted by molar-refractivity contribution is 7.14. The number of hydrogen-bond acceptors (Lipinski definition) is 4. The highest BCUT2D eigenvalue weighted by Crippen LogP contribution is 2.22. The molecule has 5 heteroatoms. The number of ether oxygens (including phenoxy) is 1. The number of ketones is 1. The van der Waals surface area contributed by atoms with Gasteiger partial charge in [0.05, 0.1) is 23.5 Å². The second-order valence-corrected chi connectivity index (χ2v) is 5.25. The smallest absolute Gasteiger partial charge is 0.144 e. The van der Waals surface area contributed by atoms with Crippen molar-refractivity contribution in [3.63, 3.8) is 0 Å². The number of thiophene rings is 1. The Morgan fingerprint density at radius 3 is 3.00 bits per heavy atom. The molecule has 2 heterocycles. The third kappa shape index (κ3) is 2.58.